The fourth-order valence-electron chi connectivity index (χ4n) is 3.09. The first-order valence-electron chi connectivity index (χ1n) is 8.52. The minimum Gasteiger partial charge on any atom is -0.318 e. The van der Waals surface area contributed by atoms with Gasteiger partial charge in [0.05, 0.1) is 16.4 Å². The molecule has 0 bridgehead atoms. The molecule has 5 heteroatoms. The lowest BCUT2D eigenvalue weighted by atomic mass is 10.2. The van der Waals surface area contributed by atoms with Crippen LogP contribution in [0, 0.1) is 20.8 Å². The number of thiazole rings is 1. The van der Waals surface area contributed by atoms with E-state index in [9.17, 15) is 0 Å². The van der Waals surface area contributed by atoms with E-state index in [1.807, 2.05) is 24.4 Å². The summed E-state index contributed by atoms with van der Waals surface area (Å²) in [5, 5.41) is 5.19. The van der Waals surface area contributed by atoms with Crippen molar-refractivity contribution in [3.05, 3.63) is 77.1 Å². The van der Waals surface area contributed by atoms with Gasteiger partial charge in [0.1, 0.15) is 0 Å². The zero-order valence-electron chi connectivity index (χ0n) is 15.0. The van der Waals surface area contributed by atoms with E-state index in [4.69, 9.17) is 0 Å². The van der Waals surface area contributed by atoms with Crippen molar-refractivity contribution < 1.29 is 0 Å². The normalized spacial score (nSPS) is 11.5. The van der Waals surface area contributed by atoms with Crippen LogP contribution in [0.15, 0.2) is 59.7 Å². The molecule has 0 spiro atoms. The number of aryl methyl sites for hydroxylation is 2. The van der Waals surface area contributed by atoms with Crippen LogP contribution in [0.4, 0.5) is 5.13 Å². The molecule has 0 aliphatic heterocycles. The predicted molar refractivity (Wildman–Crippen MR) is 111 cm³/mol. The smallest absolute Gasteiger partial charge is 0.204 e. The van der Waals surface area contributed by atoms with Crippen molar-refractivity contribution >= 4 is 32.9 Å². The summed E-state index contributed by atoms with van der Waals surface area (Å²) in [5.41, 5.74) is 9.93. The van der Waals surface area contributed by atoms with Gasteiger partial charge in [0.25, 0.3) is 0 Å². The Hall–Kier alpha value is -2.92. The van der Waals surface area contributed by atoms with Crippen molar-refractivity contribution in [2.45, 2.75) is 20.8 Å². The molecule has 0 unspecified atom stereocenters. The maximum absolute atomic E-state index is 4.53. The molecule has 0 fully saturated rings. The fraction of sp³-hybridized carbons (Fsp3) is 0.143. The number of anilines is 1. The quantitative estimate of drug-likeness (QED) is 0.388. The molecule has 0 saturated carbocycles. The van der Waals surface area contributed by atoms with E-state index >= 15 is 0 Å². The number of hydrogen-bond donors (Lipinski definition) is 1. The first-order chi connectivity index (χ1) is 12.6. The van der Waals surface area contributed by atoms with Gasteiger partial charge in [0, 0.05) is 22.6 Å². The number of hydrazone groups is 1. The molecule has 26 heavy (non-hydrogen) atoms. The lowest BCUT2D eigenvalue weighted by Gasteiger charge is -2.09. The van der Waals surface area contributed by atoms with Crippen LogP contribution in [0.3, 0.4) is 0 Å². The molecular weight excluding hydrogens is 340 g/mol. The highest BCUT2D eigenvalue weighted by atomic mass is 32.1. The number of aromatic nitrogens is 2. The molecule has 2 aromatic heterocycles. The lowest BCUT2D eigenvalue weighted by Crippen LogP contribution is -1.99. The SMILES string of the molecule is Cc1ccc(-n2c(C)cc(C=NNc3nc4ccccc4s3)c2C)cc1. The molecule has 2 heterocycles. The second kappa shape index (κ2) is 6.77. The van der Waals surface area contributed by atoms with Crippen LogP contribution in [-0.2, 0) is 0 Å². The molecule has 2 aromatic carbocycles. The van der Waals surface area contributed by atoms with Crippen LogP contribution in [0.1, 0.15) is 22.5 Å². The van der Waals surface area contributed by atoms with Gasteiger partial charge in [-0.15, -0.1) is 0 Å². The largest absolute Gasteiger partial charge is 0.318 e. The Morgan fingerprint density at radius 2 is 1.81 bits per heavy atom. The lowest BCUT2D eigenvalue weighted by molar-refractivity contribution is 0.964. The van der Waals surface area contributed by atoms with Crippen LogP contribution in [0.2, 0.25) is 0 Å². The Morgan fingerprint density at radius 3 is 2.58 bits per heavy atom. The maximum Gasteiger partial charge on any atom is 0.204 e. The molecule has 4 nitrogen and oxygen atoms in total. The average Bonchev–Trinajstić information content (AvgIpc) is 3.17. The molecule has 0 aliphatic carbocycles. The van der Waals surface area contributed by atoms with E-state index in [1.54, 1.807) is 11.3 Å². The zero-order chi connectivity index (χ0) is 18.1. The Morgan fingerprint density at radius 1 is 1.04 bits per heavy atom. The number of nitrogens with zero attached hydrogens (tertiary/aromatic N) is 3. The van der Waals surface area contributed by atoms with Crippen LogP contribution in [-0.4, -0.2) is 15.8 Å². The Labute approximate surface area is 156 Å². The number of para-hydroxylation sites is 1. The number of rotatable bonds is 4. The molecular formula is C21H20N4S. The monoisotopic (exact) mass is 360 g/mol. The van der Waals surface area contributed by atoms with Crippen molar-refractivity contribution in [3.8, 4) is 5.69 Å². The molecule has 0 saturated heterocycles. The van der Waals surface area contributed by atoms with Crippen LogP contribution in [0.5, 0.6) is 0 Å². The third-order valence-corrected chi connectivity index (χ3v) is 5.36. The topological polar surface area (TPSA) is 42.2 Å². The highest BCUT2D eigenvalue weighted by Gasteiger charge is 2.09. The molecule has 0 radical (unpaired) electrons. The minimum absolute atomic E-state index is 0.801. The van der Waals surface area contributed by atoms with Crippen LogP contribution >= 0.6 is 11.3 Å². The van der Waals surface area contributed by atoms with E-state index in [-0.39, 0.29) is 0 Å². The standard InChI is InChI=1S/C21H20N4S/c1-14-8-10-18(11-9-14)25-15(2)12-17(16(25)3)13-22-24-21-23-19-6-4-5-7-20(19)26-21/h4-13H,1-3H3,(H,23,24). The van der Waals surface area contributed by atoms with Crippen molar-refractivity contribution in [1.29, 1.82) is 0 Å². The summed E-state index contributed by atoms with van der Waals surface area (Å²) in [5.74, 6) is 0. The molecule has 4 rings (SSSR count). The van der Waals surface area contributed by atoms with Gasteiger partial charge in [-0.3, -0.25) is 5.43 Å². The summed E-state index contributed by atoms with van der Waals surface area (Å²) in [6, 6.07) is 18.8. The molecule has 0 atom stereocenters. The second-order valence-corrected chi connectivity index (χ2v) is 7.38. The second-order valence-electron chi connectivity index (χ2n) is 6.35. The minimum atomic E-state index is 0.801. The van der Waals surface area contributed by atoms with Gasteiger partial charge in [-0.1, -0.05) is 41.2 Å². The van der Waals surface area contributed by atoms with Gasteiger partial charge in [-0.25, -0.2) is 4.98 Å². The predicted octanol–water partition coefficient (Wildman–Crippen LogP) is 5.46. The van der Waals surface area contributed by atoms with E-state index in [1.165, 1.54) is 22.6 Å². The summed E-state index contributed by atoms with van der Waals surface area (Å²) in [6.45, 7) is 6.34. The van der Waals surface area contributed by atoms with Gasteiger partial charge < -0.3 is 4.57 Å². The Balaban J connectivity index is 1.57. The first-order valence-corrected chi connectivity index (χ1v) is 9.34. The first kappa shape index (κ1) is 16.5. The maximum atomic E-state index is 4.53. The van der Waals surface area contributed by atoms with E-state index in [0.717, 1.165) is 20.9 Å². The molecule has 1 N–H and O–H groups in total. The summed E-state index contributed by atoms with van der Waals surface area (Å²) < 4.78 is 3.40. The van der Waals surface area contributed by atoms with Crippen molar-refractivity contribution in [1.82, 2.24) is 9.55 Å². The average molecular weight is 360 g/mol. The van der Waals surface area contributed by atoms with Crippen LogP contribution < -0.4 is 5.43 Å². The zero-order valence-corrected chi connectivity index (χ0v) is 15.8. The summed E-state index contributed by atoms with van der Waals surface area (Å²) in [4.78, 5) is 4.53. The molecule has 130 valence electrons. The summed E-state index contributed by atoms with van der Waals surface area (Å²) in [7, 11) is 0. The van der Waals surface area contributed by atoms with Crippen molar-refractivity contribution in [3.63, 3.8) is 0 Å². The summed E-state index contributed by atoms with van der Waals surface area (Å²) in [6.07, 6.45) is 1.86. The van der Waals surface area contributed by atoms with Gasteiger partial charge >= 0.3 is 0 Å². The highest BCUT2D eigenvalue weighted by Crippen LogP contribution is 2.25. The highest BCUT2D eigenvalue weighted by molar-refractivity contribution is 7.22. The Bertz CT molecular complexity index is 1050. The van der Waals surface area contributed by atoms with Crippen molar-refractivity contribution in [2.75, 3.05) is 5.43 Å². The van der Waals surface area contributed by atoms with Gasteiger partial charge in [0.15, 0.2) is 0 Å². The molecule has 0 aliphatic rings. The molecule has 0 amide bonds. The van der Waals surface area contributed by atoms with Gasteiger partial charge in [-0.2, -0.15) is 5.10 Å². The number of hydrogen-bond acceptors (Lipinski definition) is 4. The third-order valence-electron chi connectivity index (χ3n) is 4.42. The van der Waals surface area contributed by atoms with Crippen molar-refractivity contribution in [2.24, 2.45) is 5.10 Å². The number of fused-ring (bicyclic) bond motifs is 1. The van der Waals surface area contributed by atoms with Gasteiger partial charge in [0.2, 0.25) is 5.13 Å². The van der Waals surface area contributed by atoms with E-state index in [2.05, 4.69) is 77.2 Å². The Kier molecular flexibility index (Phi) is 4.31. The van der Waals surface area contributed by atoms with Gasteiger partial charge in [-0.05, 0) is 51.1 Å². The molecule has 4 aromatic rings. The third kappa shape index (κ3) is 3.13. The summed E-state index contributed by atoms with van der Waals surface area (Å²) >= 11 is 1.60. The van der Waals surface area contributed by atoms with E-state index in [0.29, 0.717) is 0 Å². The van der Waals surface area contributed by atoms with Crippen LogP contribution in [0.25, 0.3) is 15.9 Å². The number of nitrogens with one attached hydrogen (secondary N) is 1. The number of benzene rings is 2. The fourth-order valence-corrected chi connectivity index (χ4v) is 3.90. The van der Waals surface area contributed by atoms with E-state index < -0.39 is 0 Å².